The molecule has 2 fully saturated rings. The molecule has 4 aromatic heterocycles. The molecular weight excluding hydrogens is 703 g/mol. The summed E-state index contributed by atoms with van der Waals surface area (Å²) >= 11 is 5.23. The lowest BCUT2D eigenvalue weighted by Gasteiger charge is -2.27. The van der Waals surface area contributed by atoms with E-state index >= 15 is 0 Å². The highest BCUT2D eigenvalue weighted by molar-refractivity contribution is 8.07. The molecule has 0 aliphatic carbocycles. The molecule has 20 nitrogen and oxygen atoms in total. The van der Waals surface area contributed by atoms with E-state index < -0.39 is 67.6 Å². The minimum absolute atomic E-state index is 0.0890. The van der Waals surface area contributed by atoms with Crippen molar-refractivity contribution >= 4 is 41.7 Å². The van der Waals surface area contributed by atoms with Gasteiger partial charge in [-0.25, -0.2) is 24.7 Å². The van der Waals surface area contributed by atoms with Crippen LogP contribution < -0.4 is 11.2 Å². The van der Waals surface area contributed by atoms with Crippen LogP contribution in [0, 0.1) is 6.92 Å². The number of ether oxygens (including phenoxy) is 3. The van der Waals surface area contributed by atoms with Gasteiger partial charge in [-0.2, -0.15) is 0 Å². The number of aromatic hydroxyl groups is 1. The van der Waals surface area contributed by atoms with Crippen LogP contribution in [0.5, 0.6) is 5.75 Å². The summed E-state index contributed by atoms with van der Waals surface area (Å²) in [5.41, 5.74) is 0.211. The van der Waals surface area contributed by atoms with Crippen LogP contribution in [0.15, 0.2) is 45.7 Å². The van der Waals surface area contributed by atoms with Crippen LogP contribution in [0.25, 0.3) is 11.2 Å². The summed E-state index contributed by atoms with van der Waals surface area (Å²) in [6.45, 7) is -3.83. The van der Waals surface area contributed by atoms with Crippen molar-refractivity contribution in [3.8, 4) is 5.75 Å². The van der Waals surface area contributed by atoms with Gasteiger partial charge in [0.25, 0.3) is 5.56 Å². The number of methoxy groups -OCH3 is 1. The number of nitrogens with one attached hydrogen (secondary N) is 1. The lowest BCUT2D eigenvalue weighted by Crippen LogP contribution is -2.40. The minimum atomic E-state index is -4.10. The average Bonchev–Trinajstić information content (AvgIpc) is 3.79. The van der Waals surface area contributed by atoms with E-state index in [1.54, 1.807) is 11.5 Å². The Morgan fingerprint density at radius 2 is 1.96 bits per heavy atom. The van der Waals surface area contributed by atoms with Gasteiger partial charge < -0.3 is 44.1 Å². The van der Waals surface area contributed by atoms with Crippen LogP contribution in [0.2, 0.25) is 0 Å². The molecule has 2 aliphatic heterocycles. The zero-order chi connectivity index (χ0) is 35.7. The van der Waals surface area contributed by atoms with E-state index in [0.29, 0.717) is 22.4 Å². The smallest absolute Gasteiger partial charge is 0.330 e. The molecule has 8 atom stereocenters. The number of aromatic amines is 1. The SMILES string of the molecule is COC1[C@@H](OP(O)(=S)OC[C@H]2O[C@@H](n3cnc4c(/N=C\c5c(CO)cnc(C)c5O)ncnc43)C[C@H]2O)[C@@H](CO)O[C@H]1n1ccc(=O)[nH]c1=O. The Hall–Kier alpha value is -3.86. The molecule has 2 saturated heterocycles. The second-order valence-electron chi connectivity index (χ2n) is 11.3. The number of hydrogen-bond acceptors (Lipinski definition) is 17. The summed E-state index contributed by atoms with van der Waals surface area (Å²) in [5.74, 6) is 0.0360. The van der Waals surface area contributed by atoms with Gasteiger partial charge in [-0.05, 0) is 18.7 Å². The molecule has 6 N–H and O–H groups in total. The van der Waals surface area contributed by atoms with Gasteiger partial charge in [0.15, 0.2) is 23.2 Å². The third-order valence-corrected chi connectivity index (χ3v) is 9.78. The minimum Gasteiger partial charge on any atom is -0.505 e. The third kappa shape index (κ3) is 7.16. The number of aliphatic hydroxyl groups excluding tert-OH is 3. The average molecular weight is 737 g/mol. The first-order valence-corrected chi connectivity index (χ1v) is 17.6. The molecule has 268 valence electrons. The number of fused-ring (bicyclic) bond motifs is 1. The number of H-pyrrole nitrogens is 1. The first kappa shape index (κ1) is 35.9. The fraction of sp³-hybridized carbons (Fsp3) is 0.464. The Morgan fingerprint density at radius 3 is 2.68 bits per heavy atom. The summed E-state index contributed by atoms with van der Waals surface area (Å²) in [4.78, 5) is 58.2. The lowest BCUT2D eigenvalue weighted by molar-refractivity contribution is -0.0625. The van der Waals surface area contributed by atoms with E-state index in [-0.39, 0.29) is 36.8 Å². The van der Waals surface area contributed by atoms with Crippen molar-refractivity contribution < 1.29 is 48.6 Å². The zero-order valence-electron chi connectivity index (χ0n) is 26.4. The second-order valence-corrected chi connectivity index (χ2v) is 14.1. The molecule has 0 amide bonds. The first-order valence-electron chi connectivity index (χ1n) is 15.0. The number of aliphatic hydroxyl groups is 3. The maximum Gasteiger partial charge on any atom is 0.330 e. The number of aliphatic imine (C=N–C) groups is 1. The molecular formula is C28H33N8O12PS. The number of aryl methyl sites for hydroxylation is 1. The lowest BCUT2D eigenvalue weighted by atomic mass is 10.1. The van der Waals surface area contributed by atoms with Crippen LogP contribution in [-0.4, -0.2) is 116 Å². The molecule has 2 unspecified atom stereocenters. The van der Waals surface area contributed by atoms with Gasteiger partial charge in [0, 0.05) is 49.3 Å². The summed E-state index contributed by atoms with van der Waals surface area (Å²) in [6.07, 6.45) is -0.523. The first-order chi connectivity index (χ1) is 23.9. The van der Waals surface area contributed by atoms with Crippen molar-refractivity contribution in [2.75, 3.05) is 20.3 Å². The quantitative estimate of drug-likeness (QED) is 0.0767. The fourth-order valence-electron chi connectivity index (χ4n) is 5.67. The summed E-state index contributed by atoms with van der Waals surface area (Å²) in [5, 5.41) is 40.9. The highest BCUT2D eigenvalue weighted by Gasteiger charge is 2.49. The normalized spacial score (nSPS) is 26.6. The van der Waals surface area contributed by atoms with E-state index in [1.807, 2.05) is 0 Å². The number of hydrogen-bond donors (Lipinski definition) is 6. The van der Waals surface area contributed by atoms with Gasteiger partial charge in [-0.15, -0.1) is 0 Å². The van der Waals surface area contributed by atoms with E-state index in [0.717, 1.165) is 10.6 Å². The summed E-state index contributed by atoms with van der Waals surface area (Å²) in [7, 11) is 1.30. The number of imidazole rings is 1. The highest BCUT2D eigenvalue weighted by Crippen LogP contribution is 2.50. The van der Waals surface area contributed by atoms with Gasteiger partial charge in [-0.3, -0.25) is 28.4 Å². The van der Waals surface area contributed by atoms with Crippen molar-refractivity contribution in [2.24, 2.45) is 4.99 Å². The molecule has 2 aliphatic rings. The van der Waals surface area contributed by atoms with E-state index in [2.05, 4.69) is 29.9 Å². The molecule has 4 aromatic rings. The van der Waals surface area contributed by atoms with Crippen LogP contribution in [0.4, 0.5) is 5.82 Å². The van der Waals surface area contributed by atoms with Gasteiger partial charge in [0.1, 0.15) is 42.7 Å². The molecule has 50 heavy (non-hydrogen) atoms. The molecule has 22 heteroatoms. The van der Waals surface area contributed by atoms with Crippen molar-refractivity contribution in [2.45, 2.75) is 62.9 Å². The predicted octanol–water partition coefficient (Wildman–Crippen LogP) is -0.800. The predicted molar refractivity (Wildman–Crippen MR) is 174 cm³/mol. The van der Waals surface area contributed by atoms with Crippen LogP contribution in [0.3, 0.4) is 0 Å². The largest absolute Gasteiger partial charge is 0.505 e. The number of rotatable bonds is 12. The van der Waals surface area contributed by atoms with Gasteiger partial charge in [0.05, 0.1) is 37.9 Å². The maximum absolute atomic E-state index is 12.4. The monoisotopic (exact) mass is 736 g/mol. The third-order valence-electron chi connectivity index (χ3n) is 8.22. The van der Waals surface area contributed by atoms with E-state index in [4.69, 9.17) is 35.1 Å². The Morgan fingerprint density at radius 1 is 1.16 bits per heavy atom. The molecule has 0 bridgehead atoms. The van der Waals surface area contributed by atoms with E-state index in [9.17, 15) is 34.9 Å². The van der Waals surface area contributed by atoms with Crippen molar-refractivity contribution in [3.05, 3.63) is 68.8 Å². The van der Waals surface area contributed by atoms with Crippen LogP contribution in [0.1, 0.15) is 35.7 Å². The Bertz CT molecular complexity index is 2060. The van der Waals surface area contributed by atoms with Gasteiger partial charge in [0.2, 0.25) is 0 Å². The van der Waals surface area contributed by atoms with Crippen LogP contribution >= 0.6 is 6.72 Å². The second kappa shape index (κ2) is 14.8. The number of aromatic nitrogens is 7. The molecule has 6 heterocycles. The van der Waals surface area contributed by atoms with Crippen LogP contribution in [-0.2, 0) is 41.7 Å². The number of nitrogens with zero attached hydrogens (tertiary/aromatic N) is 7. The highest BCUT2D eigenvalue weighted by atomic mass is 32.5. The van der Waals surface area contributed by atoms with E-state index in [1.165, 1.54) is 38.4 Å². The topological polar surface area (TPSA) is 271 Å². The molecule has 0 aromatic carbocycles. The molecule has 0 radical (unpaired) electrons. The Kier molecular flexibility index (Phi) is 10.6. The molecule has 0 spiro atoms. The Labute approximate surface area is 286 Å². The van der Waals surface area contributed by atoms with Gasteiger partial charge in [-0.1, -0.05) is 0 Å². The van der Waals surface area contributed by atoms with Crippen molar-refractivity contribution in [3.63, 3.8) is 0 Å². The standard InChI is InChI=1S/C28H33N8O12PS/c1-13-22(41)15(14(8-37)6-29-13)7-30-25-21-26(32-11-31-25)36(12-33-21)20-5-16(39)18(46-20)10-45-49(43,50)48-23-17(9-38)47-27(24(23)44-2)35-4-3-19(40)34-28(35)42/h3-4,6-7,11-12,16-18,20,23-24,27,37-39,41H,5,8-10H2,1-2H3,(H,43,50)(H,34,40,42)/b30-7-/t16-,17-,18-,20-,23+,24?,27-,49?/m1/s1. The number of pyridine rings is 1. The fourth-order valence-corrected chi connectivity index (χ4v) is 7.11. The molecule has 6 rings (SSSR count). The van der Waals surface area contributed by atoms with Gasteiger partial charge >= 0.3 is 12.4 Å². The Balaban J connectivity index is 1.13. The van der Waals surface area contributed by atoms with Crippen molar-refractivity contribution in [1.29, 1.82) is 0 Å². The summed E-state index contributed by atoms with van der Waals surface area (Å²) < 4.78 is 31.2. The van der Waals surface area contributed by atoms with Crippen molar-refractivity contribution in [1.82, 2.24) is 34.1 Å². The maximum atomic E-state index is 12.4. The zero-order valence-corrected chi connectivity index (χ0v) is 28.1. The summed E-state index contributed by atoms with van der Waals surface area (Å²) in [6, 6.07) is 1.11. The molecule has 0 saturated carbocycles.